The average molecular weight is 497 g/mol. The summed E-state index contributed by atoms with van der Waals surface area (Å²) in [7, 11) is 0. The minimum Gasteiger partial charge on any atom is -0.480 e. The first kappa shape index (κ1) is 23.7. The summed E-state index contributed by atoms with van der Waals surface area (Å²) in [6, 6.07) is 15.5. The maximum atomic E-state index is 12.7. The molecule has 184 valence electrons. The number of carbonyl (C=O) groups is 3. The summed E-state index contributed by atoms with van der Waals surface area (Å²) in [4.78, 5) is 37.9. The Morgan fingerprint density at radius 2 is 1.69 bits per heavy atom. The lowest BCUT2D eigenvalue weighted by Crippen LogP contribution is -2.48. The van der Waals surface area contributed by atoms with Gasteiger partial charge in [0.25, 0.3) is 0 Å². The van der Waals surface area contributed by atoms with Crippen molar-refractivity contribution in [1.82, 2.24) is 10.2 Å². The first-order chi connectivity index (χ1) is 17.0. The molecule has 3 aliphatic rings. The van der Waals surface area contributed by atoms with Crippen LogP contribution in [-0.2, 0) is 19.1 Å². The van der Waals surface area contributed by atoms with E-state index in [2.05, 4.69) is 29.6 Å². The van der Waals surface area contributed by atoms with Gasteiger partial charge in [-0.2, -0.15) is 0 Å². The molecule has 35 heavy (non-hydrogen) atoms. The van der Waals surface area contributed by atoms with Gasteiger partial charge >= 0.3 is 12.1 Å². The van der Waals surface area contributed by atoms with Crippen LogP contribution in [-0.4, -0.2) is 71.5 Å². The number of carboxylic acids is 1. The Kier molecular flexibility index (Phi) is 6.97. The number of hydrogen-bond acceptors (Lipinski definition) is 6. The molecule has 0 radical (unpaired) electrons. The molecule has 2 aromatic carbocycles. The molecule has 2 N–H and O–H groups in total. The molecule has 1 heterocycles. The summed E-state index contributed by atoms with van der Waals surface area (Å²) in [5.41, 5.74) is 4.63. The van der Waals surface area contributed by atoms with E-state index in [9.17, 15) is 19.5 Å². The molecule has 0 bridgehead atoms. The van der Waals surface area contributed by atoms with Gasteiger partial charge in [-0.1, -0.05) is 48.5 Å². The Hall–Kier alpha value is -3.04. The van der Waals surface area contributed by atoms with Crippen LogP contribution in [0.1, 0.15) is 29.9 Å². The van der Waals surface area contributed by atoms with Crippen LogP contribution >= 0.6 is 11.8 Å². The van der Waals surface area contributed by atoms with E-state index in [1.54, 1.807) is 0 Å². The Balaban J connectivity index is 1.05. The molecule has 0 spiro atoms. The fourth-order valence-corrected chi connectivity index (χ4v) is 6.54. The highest BCUT2D eigenvalue weighted by atomic mass is 32.2. The zero-order valence-electron chi connectivity index (χ0n) is 19.2. The second kappa shape index (κ2) is 10.3. The van der Waals surface area contributed by atoms with Crippen molar-refractivity contribution in [3.63, 3.8) is 0 Å². The number of nitrogens with one attached hydrogen (secondary N) is 1. The maximum Gasteiger partial charge on any atom is 0.407 e. The van der Waals surface area contributed by atoms with E-state index >= 15 is 0 Å². The molecule has 8 nitrogen and oxygen atoms in total. The van der Waals surface area contributed by atoms with Crippen molar-refractivity contribution in [3.05, 3.63) is 59.7 Å². The number of aliphatic carboxylic acids is 1. The summed E-state index contributed by atoms with van der Waals surface area (Å²) in [6.45, 7) is 0.334. The molecule has 2 fully saturated rings. The van der Waals surface area contributed by atoms with Crippen LogP contribution in [0.4, 0.5) is 4.79 Å². The third kappa shape index (κ3) is 5.01. The fourth-order valence-electron chi connectivity index (χ4n) is 4.89. The lowest BCUT2D eigenvalue weighted by Gasteiger charge is -2.27. The van der Waals surface area contributed by atoms with Gasteiger partial charge in [0, 0.05) is 18.2 Å². The van der Waals surface area contributed by atoms with E-state index in [4.69, 9.17) is 9.47 Å². The predicted octanol–water partition coefficient (Wildman–Crippen LogP) is 3.31. The number of carboxylic acid groups (broad SMARTS) is 1. The molecule has 1 saturated heterocycles. The van der Waals surface area contributed by atoms with Gasteiger partial charge in [0.2, 0.25) is 5.91 Å². The summed E-state index contributed by atoms with van der Waals surface area (Å²) in [5, 5.41) is 12.0. The van der Waals surface area contributed by atoms with Gasteiger partial charge in [-0.25, -0.2) is 9.59 Å². The number of carbonyl (C=O) groups excluding carboxylic acids is 2. The van der Waals surface area contributed by atoms with Crippen molar-refractivity contribution in [2.24, 2.45) is 5.92 Å². The minimum atomic E-state index is -0.981. The molecule has 2 aromatic rings. The first-order valence-electron chi connectivity index (χ1n) is 11.9. The van der Waals surface area contributed by atoms with Gasteiger partial charge in [0.05, 0.1) is 12.0 Å². The number of nitrogens with zero attached hydrogens (tertiary/aromatic N) is 1. The number of benzene rings is 2. The summed E-state index contributed by atoms with van der Waals surface area (Å²) in [5.74, 6) is -0.525. The zero-order valence-corrected chi connectivity index (χ0v) is 20.0. The highest BCUT2D eigenvalue weighted by molar-refractivity contribution is 8.00. The molecule has 2 atom stereocenters. The topological polar surface area (TPSA) is 105 Å². The number of alkyl carbamates (subject to hydrolysis) is 1. The molecular weight excluding hydrogens is 468 g/mol. The van der Waals surface area contributed by atoms with Crippen LogP contribution in [0, 0.1) is 5.92 Å². The number of thioether (sulfide) groups is 1. The van der Waals surface area contributed by atoms with Crippen LogP contribution in [0.2, 0.25) is 0 Å². The van der Waals surface area contributed by atoms with E-state index in [1.165, 1.54) is 27.8 Å². The Labute approximate surface area is 208 Å². The Morgan fingerprint density at radius 1 is 1.03 bits per heavy atom. The molecule has 1 aliphatic heterocycles. The van der Waals surface area contributed by atoms with Gasteiger partial charge in [-0.3, -0.25) is 4.79 Å². The molecule has 2 amide bonds. The molecule has 5 rings (SSSR count). The monoisotopic (exact) mass is 496 g/mol. The number of rotatable bonds is 9. The van der Waals surface area contributed by atoms with E-state index in [0.717, 1.165) is 24.0 Å². The van der Waals surface area contributed by atoms with Gasteiger partial charge in [0.15, 0.2) is 0 Å². The molecular formula is C26H28N2O6S. The lowest BCUT2D eigenvalue weighted by molar-refractivity contribution is -0.151. The van der Waals surface area contributed by atoms with Gasteiger partial charge < -0.3 is 24.8 Å². The second-order valence-electron chi connectivity index (χ2n) is 9.02. The standard InChI is InChI=1S/C26H28N2O6S/c29-23(28-22(25(30)31)15-35-24(28)16-9-10-16)14-33-12-11-27-26(32)34-13-21-19-7-3-1-5-17(19)18-6-2-4-8-20(18)21/h1-8,16,21-22,24H,9-15H2,(H,27,32)(H,30,31). The zero-order chi connectivity index (χ0) is 24.4. The van der Waals surface area contributed by atoms with Crippen LogP contribution in [0.25, 0.3) is 11.1 Å². The fraction of sp³-hybridized carbons (Fsp3) is 0.423. The van der Waals surface area contributed by atoms with Gasteiger partial charge in [-0.15, -0.1) is 11.8 Å². The number of ether oxygens (including phenoxy) is 2. The maximum absolute atomic E-state index is 12.7. The average Bonchev–Trinajstić information content (AvgIpc) is 3.52. The summed E-state index contributed by atoms with van der Waals surface area (Å²) in [6.07, 6.45) is 1.51. The Bertz CT molecular complexity index is 1080. The van der Waals surface area contributed by atoms with E-state index in [-0.39, 0.29) is 43.6 Å². The van der Waals surface area contributed by atoms with E-state index < -0.39 is 18.1 Å². The number of amides is 2. The number of fused-ring (bicyclic) bond motifs is 3. The highest BCUT2D eigenvalue weighted by Gasteiger charge is 2.47. The van der Waals surface area contributed by atoms with Crippen molar-refractivity contribution in [2.45, 2.75) is 30.2 Å². The smallest absolute Gasteiger partial charge is 0.407 e. The van der Waals surface area contributed by atoms with Crippen molar-refractivity contribution < 1.29 is 29.0 Å². The largest absolute Gasteiger partial charge is 0.480 e. The highest BCUT2D eigenvalue weighted by Crippen LogP contribution is 2.46. The quantitative estimate of drug-likeness (QED) is 0.513. The second-order valence-corrected chi connectivity index (χ2v) is 10.2. The predicted molar refractivity (Wildman–Crippen MR) is 131 cm³/mol. The Morgan fingerprint density at radius 3 is 2.31 bits per heavy atom. The molecule has 9 heteroatoms. The van der Waals surface area contributed by atoms with Crippen molar-refractivity contribution in [1.29, 1.82) is 0 Å². The van der Waals surface area contributed by atoms with Crippen LogP contribution in [0.15, 0.2) is 48.5 Å². The van der Waals surface area contributed by atoms with Crippen molar-refractivity contribution in [2.75, 3.05) is 32.1 Å². The molecule has 0 aromatic heterocycles. The summed E-state index contributed by atoms with van der Waals surface area (Å²) >= 11 is 1.54. The van der Waals surface area contributed by atoms with Gasteiger partial charge in [0.1, 0.15) is 19.3 Å². The lowest BCUT2D eigenvalue weighted by atomic mass is 9.98. The minimum absolute atomic E-state index is 0.0121. The summed E-state index contributed by atoms with van der Waals surface area (Å²) < 4.78 is 10.9. The molecule has 2 aliphatic carbocycles. The SMILES string of the molecule is O=C(NCCOCC(=O)N1C(C(=O)O)CSC1C1CC1)OCC1c2ccccc2-c2ccccc21. The molecule has 2 unspecified atom stereocenters. The van der Waals surface area contributed by atoms with Crippen molar-refractivity contribution in [3.8, 4) is 11.1 Å². The third-order valence-corrected chi connectivity index (χ3v) is 8.18. The normalized spacial score (nSPS) is 20.9. The van der Waals surface area contributed by atoms with E-state index in [1.807, 2.05) is 24.3 Å². The van der Waals surface area contributed by atoms with Crippen LogP contribution < -0.4 is 5.32 Å². The van der Waals surface area contributed by atoms with Crippen molar-refractivity contribution >= 4 is 29.7 Å². The van der Waals surface area contributed by atoms with Gasteiger partial charge in [-0.05, 0) is 41.0 Å². The first-order valence-corrected chi connectivity index (χ1v) is 12.9. The van der Waals surface area contributed by atoms with Crippen LogP contribution in [0.3, 0.4) is 0 Å². The number of hydrogen-bond donors (Lipinski definition) is 2. The van der Waals surface area contributed by atoms with Crippen LogP contribution in [0.5, 0.6) is 0 Å². The third-order valence-electron chi connectivity index (χ3n) is 6.72. The molecule has 1 saturated carbocycles. The van der Waals surface area contributed by atoms with E-state index in [0.29, 0.717) is 11.7 Å².